The molecule has 1 aliphatic heterocycles. The smallest absolute Gasteiger partial charge is 0.335 e. The van der Waals surface area contributed by atoms with Gasteiger partial charge in [0.15, 0.2) is 0 Å². The van der Waals surface area contributed by atoms with E-state index in [1.54, 1.807) is 31.6 Å². The Morgan fingerprint density at radius 3 is 2.50 bits per heavy atom. The number of aromatic nitrogens is 4. The van der Waals surface area contributed by atoms with Gasteiger partial charge >= 0.3 is 6.01 Å². The second kappa shape index (κ2) is 7.87. The normalized spacial score (nSPS) is 22.6. The molecule has 8 heteroatoms. The van der Waals surface area contributed by atoms with Crippen LogP contribution in [0.4, 0.5) is 0 Å². The van der Waals surface area contributed by atoms with Crippen molar-refractivity contribution >= 4 is 0 Å². The van der Waals surface area contributed by atoms with Gasteiger partial charge in [-0.05, 0) is 67.1 Å². The maximum absolute atomic E-state index is 10.5. The first-order chi connectivity index (χ1) is 14.7. The number of nitrogens with zero attached hydrogens (tertiary/aromatic N) is 4. The number of hydrogen-bond acceptors (Lipinski definition) is 8. The monoisotopic (exact) mass is 405 g/mol. The Balaban J connectivity index is 1.30. The Morgan fingerprint density at radius 2 is 1.80 bits per heavy atom. The van der Waals surface area contributed by atoms with Gasteiger partial charge in [-0.3, -0.25) is 0 Å². The van der Waals surface area contributed by atoms with Crippen molar-refractivity contribution in [1.29, 1.82) is 0 Å². The van der Waals surface area contributed by atoms with Crippen LogP contribution in [-0.4, -0.2) is 51.6 Å². The van der Waals surface area contributed by atoms with Crippen LogP contribution in [-0.2, 0) is 0 Å². The average Bonchev–Trinajstić information content (AvgIpc) is 3.36. The Labute approximate surface area is 174 Å². The van der Waals surface area contributed by atoms with Gasteiger partial charge in [0, 0.05) is 17.8 Å². The Kier molecular flexibility index (Phi) is 4.92. The molecule has 3 atom stereocenters. The van der Waals surface area contributed by atoms with Crippen LogP contribution < -0.4 is 14.8 Å². The van der Waals surface area contributed by atoms with Crippen LogP contribution in [0.3, 0.4) is 0 Å². The molecule has 0 amide bonds. The molecule has 0 radical (unpaired) electrons. The van der Waals surface area contributed by atoms with Crippen molar-refractivity contribution < 1.29 is 14.6 Å². The minimum atomic E-state index is 0.101. The summed E-state index contributed by atoms with van der Waals surface area (Å²) in [6.07, 6.45) is 5.47. The van der Waals surface area contributed by atoms with Gasteiger partial charge in [-0.2, -0.15) is 0 Å². The maximum atomic E-state index is 10.5. The zero-order valence-electron chi connectivity index (χ0n) is 16.7. The SMILES string of the molecule is COc1cc(-c2ccc(-c3cnc(OC4C[C@H]5CNC[C@H]5C4)nn3)c(O)c2)ccn1. The molecule has 0 spiro atoms. The fraction of sp³-hybridized carbons (Fsp3) is 0.364. The van der Waals surface area contributed by atoms with Crippen molar-refractivity contribution in [3.63, 3.8) is 0 Å². The molecule has 1 unspecified atom stereocenters. The minimum absolute atomic E-state index is 0.101. The van der Waals surface area contributed by atoms with Gasteiger partial charge in [0.25, 0.3) is 0 Å². The first kappa shape index (κ1) is 18.7. The lowest BCUT2D eigenvalue weighted by Crippen LogP contribution is -2.19. The van der Waals surface area contributed by atoms with Crippen molar-refractivity contribution in [3.05, 3.63) is 42.7 Å². The van der Waals surface area contributed by atoms with Gasteiger partial charge in [-0.1, -0.05) is 11.2 Å². The fourth-order valence-electron chi connectivity index (χ4n) is 4.43. The summed E-state index contributed by atoms with van der Waals surface area (Å²) in [7, 11) is 1.57. The zero-order valence-corrected chi connectivity index (χ0v) is 16.7. The number of benzene rings is 1. The quantitative estimate of drug-likeness (QED) is 0.668. The molecule has 8 nitrogen and oxygen atoms in total. The zero-order chi connectivity index (χ0) is 20.5. The van der Waals surface area contributed by atoms with Gasteiger partial charge in [0.05, 0.1) is 13.3 Å². The van der Waals surface area contributed by atoms with Crippen molar-refractivity contribution in [2.45, 2.75) is 18.9 Å². The average molecular weight is 405 g/mol. The molecule has 3 aromatic rings. The fourth-order valence-corrected chi connectivity index (χ4v) is 4.43. The lowest BCUT2D eigenvalue weighted by Gasteiger charge is -2.13. The summed E-state index contributed by atoms with van der Waals surface area (Å²) in [4.78, 5) is 8.42. The summed E-state index contributed by atoms with van der Waals surface area (Å²) in [5, 5.41) is 22.3. The molecule has 1 saturated carbocycles. The largest absolute Gasteiger partial charge is 0.507 e. The van der Waals surface area contributed by atoms with E-state index in [4.69, 9.17) is 9.47 Å². The van der Waals surface area contributed by atoms with Crippen molar-refractivity contribution in [3.8, 4) is 40.0 Å². The summed E-state index contributed by atoms with van der Waals surface area (Å²) in [5.74, 6) is 2.00. The number of rotatable bonds is 5. The second-order valence-electron chi connectivity index (χ2n) is 7.83. The molecule has 30 heavy (non-hydrogen) atoms. The van der Waals surface area contributed by atoms with Crippen LogP contribution in [0.5, 0.6) is 17.6 Å². The molecule has 2 aliphatic rings. The first-order valence-electron chi connectivity index (χ1n) is 10.1. The van der Waals surface area contributed by atoms with E-state index in [1.807, 2.05) is 18.2 Å². The maximum Gasteiger partial charge on any atom is 0.335 e. The van der Waals surface area contributed by atoms with E-state index in [0.29, 0.717) is 29.0 Å². The van der Waals surface area contributed by atoms with Gasteiger partial charge in [0.1, 0.15) is 17.5 Å². The number of aromatic hydroxyl groups is 1. The van der Waals surface area contributed by atoms with Gasteiger partial charge in [-0.15, -0.1) is 5.10 Å². The van der Waals surface area contributed by atoms with Gasteiger partial charge in [0.2, 0.25) is 5.88 Å². The van der Waals surface area contributed by atoms with E-state index in [1.165, 1.54) is 0 Å². The summed E-state index contributed by atoms with van der Waals surface area (Å²) in [6.45, 7) is 2.15. The van der Waals surface area contributed by atoms with Crippen LogP contribution in [0.2, 0.25) is 0 Å². The molecule has 1 aromatic carbocycles. The molecule has 0 bridgehead atoms. The summed E-state index contributed by atoms with van der Waals surface area (Å²) in [5.41, 5.74) is 2.80. The summed E-state index contributed by atoms with van der Waals surface area (Å²) >= 11 is 0. The van der Waals surface area contributed by atoms with E-state index in [-0.39, 0.29) is 17.9 Å². The Bertz CT molecular complexity index is 1030. The lowest BCUT2D eigenvalue weighted by atomic mass is 10.0. The molecule has 5 rings (SSSR count). The molecule has 154 valence electrons. The van der Waals surface area contributed by atoms with E-state index >= 15 is 0 Å². The standard InChI is InChI=1S/C22H23N5O3/c1-29-21-9-14(4-5-24-21)13-2-3-18(20(28)8-13)19-12-25-22(27-26-19)30-17-6-15-10-23-11-16(15)7-17/h2-5,8-9,12,15-17,23,28H,6-7,10-11H2,1H3/t15-,16+,17?. The van der Waals surface area contributed by atoms with Gasteiger partial charge in [-0.25, -0.2) is 9.97 Å². The van der Waals surface area contributed by atoms with Crippen molar-refractivity contribution in [1.82, 2.24) is 25.5 Å². The third-order valence-corrected chi connectivity index (χ3v) is 5.97. The van der Waals surface area contributed by atoms with Crippen LogP contribution in [0.15, 0.2) is 42.7 Å². The predicted molar refractivity (Wildman–Crippen MR) is 110 cm³/mol. The van der Waals surface area contributed by atoms with E-state index in [0.717, 1.165) is 37.1 Å². The Hall–Kier alpha value is -3.26. The molecular weight excluding hydrogens is 382 g/mol. The Morgan fingerprint density at radius 1 is 1.00 bits per heavy atom. The molecule has 3 heterocycles. The number of nitrogens with one attached hydrogen (secondary N) is 1. The molecule has 2 N–H and O–H groups in total. The van der Waals surface area contributed by atoms with Crippen LogP contribution in [0, 0.1) is 11.8 Å². The van der Waals surface area contributed by atoms with Crippen molar-refractivity contribution in [2.75, 3.05) is 20.2 Å². The van der Waals surface area contributed by atoms with Gasteiger partial charge < -0.3 is 19.9 Å². The number of phenolic OH excluding ortho intramolecular Hbond substituents is 1. The first-order valence-corrected chi connectivity index (χ1v) is 10.1. The number of phenols is 1. The highest BCUT2D eigenvalue weighted by molar-refractivity contribution is 5.74. The van der Waals surface area contributed by atoms with Crippen LogP contribution in [0.25, 0.3) is 22.4 Å². The van der Waals surface area contributed by atoms with E-state index in [2.05, 4.69) is 25.5 Å². The number of methoxy groups -OCH3 is 1. The molecular formula is C22H23N5O3. The summed E-state index contributed by atoms with van der Waals surface area (Å²) < 4.78 is 11.1. The predicted octanol–water partition coefficient (Wildman–Crippen LogP) is 2.69. The van der Waals surface area contributed by atoms with Crippen LogP contribution in [0.1, 0.15) is 12.8 Å². The second-order valence-corrected chi connectivity index (χ2v) is 7.83. The number of fused-ring (bicyclic) bond motifs is 1. The van der Waals surface area contributed by atoms with E-state index in [9.17, 15) is 5.11 Å². The highest BCUT2D eigenvalue weighted by Gasteiger charge is 2.38. The number of hydrogen-bond donors (Lipinski definition) is 2. The highest BCUT2D eigenvalue weighted by Crippen LogP contribution is 2.36. The van der Waals surface area contributed by atoms with Crippen molar-refractivity contribution in [2.24, 2.45) is 11.8 Å². The highest BCUT2D eigenvalue weighted by atomic mass is 16.5. The number of pyridine rings is 1. The third kappa shape index (κ3) is 3.66. The molecule has 2 aromatic heterocycles. The van der Waals surface area contributed by atoms with E-state index < -0.39 is 0 Å². The number of ether oxygens (including phenoxy) is 2. The minimum Gasteiger partial charge on any atom is -0.507 e. The van der Waals surface area contributed by atoms with Crippen LogP contribution >= 0.6 is 0 Å². The lowest BCUT2D eigenvalue weighted by molar-refractivity contribution is 0.180. The third-order valence-electron chi connectivity index (χ3n) is 5.97. The topological polar surface area (TPSA) is 102 Å². The summed E-state index contributed by atoms with van der Waals surface area (Å²) in [6, 6.07) is 9.35. The molecule has 1 saturated heterocycles. The molecule has 1 aliphatic carbocycles. The molecule has 2 fully saturated rings.